The number of carbonyl (C=O) groups excluding carboxylic acids is 3. The fraction of sp³-hybridized carbons (Fsp3) is 0.750. The number of hydrogen-bond acceptors (Lipinski definition) is 11. The van der Waals surface area contributed by atoms with Gasteiger partial charge in [0, 0.05) is 49.5 Å². The van der Waals surface area contributed by atoms with E-state index in [4.69, 9.17) is 22.1 Å². The maximum absolute atomic E-state index is 16.2. The quantitative estimate of drug-likeness (QED) is 0.315. The van der Waals surface area contributed by atoms with E-state index in [0.717, 1.165) is 11.9 Å². The smallest absolute Gasteiger partial charge is 0.410 e. The van der Waals surface area contributed by atoms with Gasteiger partial charge in [0.05, 0.1) is 25.7 Å². The van der Waals surface area contributed by atoms with Gasteiger partial charge in [-0.05, 0) is 52.3 Å². The molecule has 2 radical (unpaired) electrons. The molecule has 0 spiro atoms. The topological polar surface area (TPSA) is 146 Å². The number of nitrogens with zero attached hydrogens (tertiary/aromatic N) is 5. The lowest BCUT2D eigenvalue weighted by molar-refractivity contribution is -0.235. The first kappa shape index (κ1) is 37.1. The van der Waals surface area contributed by atoms with Crippen molar-refractivity contribution in [3.05, 3.63) is 17.8 Å². The number of aliphatic hydroxyl groups is 1. The second-order valence-electron chi connectivity index (χ2n) is 13.6. The summed E-state index contributed by atoms with van der Waals surface area (Å²) >= 11 is 1.47. The molecular formula is C32H47BFN5O7S. The number of amides is 1. The van der Waals surface area contributed by atoms with Crippen LogP contribution in [0, 0.1) is 17.8 Å². The lowest BCUT2D eigenvalue weighted by Crippen LogP contribution is -2.60. The van der Waals surface area contributed by atoms with Crippen LogP contribution in [0.3, 0.4) is 0 Å². The molecule has 4 rings (SSSR count). The lowest BCUT2D eigenvalue weighted by atomic mass is 9.61. The van der Waals surface area contributed by atoms with Gasteiger partial charge in [-0.1, -0.05) is 32.9 Å². The van der Waals surface area contributed by atoms with E-state index in [1.807, 2.05) is 11.6 Å². The normalized spacial score (nSPS) is 37.4. The summed E-state index contributed by atoms with van der Waals surface area (Å²) in [6, 6.07) is -0.823. The third-order valence-corrected chi connectivity index (χ3v) is 11.0. The first-order chi connectivity index (χ1) is 22.0. The molecule has 2 aliphatic rings. The Balaban J connectivity index is 1.63. The Hall–Kier alpha value is -2.75. The van der Waals surface area contributed by atoms with E-state index in [-0.39, 0.29) is 25.2 Å². The average molecular weight is 676 g/mol. The van der Waals surface area contributed by atoms with Crippen LogP contribution in [0.4, 0.5) is 9.18 Å². The highest BCUT2D eigenvalue weighted by molar-refractivity contribution is 7.13. The van der Waals surface area contributed by atoms with Gasteiger partial charge in [-0.2, -0.15) is 0 Å². The number of hydrogen-bond donors (Lipinski definition) is 1. The number of halogens is 1. The van der Waals surface area contributed by atoms with Crippen LogP contribution in [-0.2, 0) is 30.3 Å². The molecular weight excluding hydrogens is 628 g/mol. The molecule has 0 aromatic carbocycles. The number of alkyl halides is 1. The Kier molecular flexibility index (Phi) is 11.4. The number of ether oxygens (including phenoxy) is 3. The van der Waals surface area contributed by atoms with E-state index in [1.165, 1.54) is 30.3 Å². The molecule has 258 valence electrons. The molecule has 2 fully saturated rings. The Labute approximate surface area is 281 Å². The van der Waals surface area contributed by atoms with Crippen LogP contribution in [0.15, 0.2) is 17.8 Å². The summed E-state index contributed by atoms with van der Waals surface area (Å²) in [4.78, 5) is 47.0. The van der Waals surface area contributed by atoms with E-state index < -0.39 is 70.8 Å². The van der Waals surface area contributed by atoms with Crippen molar-refractivity contribution in [3.8, 4) is 10.7 Å². The van der Waals surface area contributed by atoms with Crippen molar-refractivity contribution in [2.24, 2.45) is 17.8 Å². The summed E-state index contributed by atoms with van der Waals surface area (Å²) in [7, 11) is 7.95. The maximum atomic E-state index is 16.2. The lowest BCUT2D eigenvalue weighted by Gasteiger charge is -2.45. The number of aromatic nitrogens is 4. The van der Waals surface area contributed by atoms with E-state index in [1.54, 1.807) is 45.5 Å². The highest BCUT2D eigenvalue weighted by Crippen LogP contribution is 2.45. The van der Waals surface area contributed by atoms with Gasteiger partial charge in [0.15, 0.2) is 17.7 Å². The number of thiazole rings is 1. The van der Waals surface area contributed by atoms with Crippen molar-refractivity contribution in [3.63, 3.8) is 0 Å². The molecule has 1 amide bonds. The summed E-state index contributed by atoms with van der Waals surface area (Å²) in [5.41, 5.74) is -4.82. The molecule has 47 heavy (non-hydrogen) atoms. The second-order valence-corrected chi connectivity index (χ2v) is 14.4. The summed E-state index contributed by atoms with van der Waals surface area (Å²) in [5, 5.41) is 22.1. The van der Waals surface area contributed by atoms with Crippen LogP contribution in [0.2, 0.25) is 5.82 Å². The van der Waals surface area contributed by atoms with Gasteiger partial charge >= 0.3 is 6.09 Å². The van der Waals surface area contributed by atoms with Gasteiger partial charge in [-0.3, -0.25) is 14.3 Å². The van der Waals surface area contributed by atoms with Crippen LogP contribution in [0.5, 0.6) is 0 Å². The predicted molar refractivity (Wildman–Crippen MR) is 173 cm³/mol. The Morgan fingerprint density at radius 3 is 2.45 bits per heavy atom. The summed E-state index contributed by atoms with van der Waals surface area (Å²) < 4.78 is 35.5. The Bertz CT molecular complexity index is 1410. The average Bonchev–Trinajstić information content (AvgIpc) is 3.79. The highest BCUT2D eigenvalue weighted by Gasteiger charge is 2.60. The molecule has 2 saturated heterocycles. The Morgan fingerprint density at radius 1 is 1.15 bits per heavy atom. The molecule has 12 nitrogen and oxygen atoms in total. The Morgan fingerprint density at radius 2 is 1.83 bits per heavy atom. The van der Waals surface area contributed by atoms with E-state index in [0.29, 0.717) is 25.1 Å². The molecule has 10 atom stereocenters. The number of methoxy groups -OCH3 is 1. The minimum Gasteiger partial charge on any atom is -0.438 e. The summed E-state index contributed by atoms with van der Waals surface area (Å²) in [5.74, 6) is -4.55. The standard InChI is InChI=1S/C32H47BFN5O7S/c1-9-22-32(7)25(39(29(43)46-32)14-11-10-13-38-17-21(36-37-38)27-35-12-15-47-27)19(3)23(40)18(2)16-30(5,44-8)24(33)20(4)26(41)31(6,34)28(42)45-22/h12,15,17-20,22,24-25,28,42H,9-11,13-14,16H2,1-8H3/t18-,19+,20-,22-,24-,25-,28?,30-,31+,32-/m1/s1. The minimum absolute atomic E-state index is 0.143. The van der Waals surface area contributed by atoms with Crippen molar-refractivity contribution < 1.29 is 38.1 Å². The zero-order chi connectivity index (χ0) is 34.9. The van der Waals surface area contributed by atoms with E-state index >= 15 is 4.39 Å². The SMILES string of the molecule is [B][C@@H]1[C@@H](C)C(=O)[C@](C)(F)C(O)O[C@H](CC)[C@@]2(C)OC(=O)N(CCCCn3cc(-c4nccs4)nn3)[C@@H]2[C@@H](C)C(=O)[C@H](C)C[C@@]1(C)OC. The number of ketones is 2. The van der Waals surface area contributed by atoms with Gasteiger partial charge in [0.1, 0.15) is 22.6 Å². The predicted octanol–water partition coefficient (Wildman–Crippen LogP) is 4.42. The number of aryl methyl sites for hydroxylation is 1. The van der Waals surface area contributed by atoms with Crippen LogP contribution in [-0.4, -0.2) is 104 Å². The van der Waals surface area contributed by atoms with Crippen LogP contribution in [0.25, 0.3) is 10.7 Å². The zero-order valence-electron chi connectivity index (χ0n) is 28.5. The molecule has 0 aliphatic carbocycles. The van der Waals surface area contributed by atoms with Crippen molar-refractivity contribution in [2.45, 2.75) is 122 Å². The van der Waals surface area contributed by atoms with E-state index in [9.17, 15) is 19.5 Å². The number of Topliss-reactive ketones (excluding diaryl/α,β-unsaturated/α-hetero) is 2. The molecule has 0 saturated carbocycles. The zero-order valence-corrected chi connectivity index (χ0v) is 29.3. The van der Waals surface area contributed by atoms with Crippen molar-refractivity contribution >= 4 is 36.8 Å². The largest absolute Gasteiger partial charge is 0.438 e. The van der Waals surface area contributed by atoms with Gasteiger partial charge in [0.25, 0.3) is 0 Å². The third kappa shape index (κ3) is 7.18. The second kappa shape index (κ2) is 14.4. The number of unbranched alkanes of at least 4 members (excludes halogenated alkanes) is 1. The molecule has 1 unspecified atom stereocenters. The number of fused-ring (bicyclic) bond motifs is 1. The number of carbonyl (C=O) groups is 3. The van der Waals surface area contributed by atoms with Crippen LogP contribution >= 0.6 is 11.3 Å². The molecule has 1 N–H and O–H groups in total. The highest BCUT2D eigenvalue weighted by atomic mass is 32.1. The van der Waals surface area contributed by atoms with E-state index in [2.05, 4.69) is 15.3 Å². The minimum atomic E-state index is -2.84. The maximum Gasteiger partial charge on any atom is 0.410 e. The molecule has 15 heteroatoms. The van der Waals surface area contributed by atoms with Gasteiger partial charge in [-0.25, -0.2) is 14.2 Å². The molecule has 2 aromatic rings. The van der Waals surface area contributed by atoms with Gasteiger partial charge in [-0.15, -0.1) is 16.4 Å². The molecule has 0 bridgehead atoms. The molecule has 2 aliphatic heterocycles. The summed E-state index contributed by atoms with van der Waals surface area (Å²) in [6.45, 7) is 11.8. The first-order valence-electron chi connectivity index (χ1n) is 16.2. The van der Waals surface area contributed by atoms with Crippen molar-refractivity contribution in [2.75, 3.05) is 13.7 Å². The summed E-state index contributed by atoms with van der Waals surface area (Å²) in [6.07, 6.45) is 1.15. The van der Waals surface area contributed by atoms with Gasteiger partial charge < -0.3 is 24.2 Å². The third-order valence-electron chi connectivity index (χ3n) is 10.2. The van der Waals surface area contributed by atoms with Crippen LogP contribution in [0.1, 0.15) is 74.1 Å². The molecule has 4 heterocycles. The fourth-order valence-electron chi connectivity index (χ4n) is 7.24. The number of rotatable bonds is 8. The van der Waals surface area contributed by atoms with Crippen molar-refractivity contribution in [1.29, 1.82) is 0 Å². The number of aliphatic hydroxyl groups excluding tert-OH is 1. The monoisotopic (exact) mass is 675 g/mol. The van der Waals surface area contributed by atoms with Crippen LogP contribution < -0.4 is 0 Å². The van der Waals surface area contributed by atoms with Crippen molar-refractivity contribution in [1.82, 2.24) is 24.9 Å². The molecule has 2 aromatic heterocycles. The fourth-order valence-corrected chi connectivity index (χ4v) is 7.83. The van der Waals surface area contributed by atoms with Gasteiger partial charge in [0.2, 0.25) is 5.67 Å². The first-order valence-corrected chi connectivity index (χ1v) is 17.1.